The highest BCUT2D eigenvalue weighted by Gasteiger charge is 1.94. The average Bonchev–Trinajstić information content (AvgIpc) is 2.74. The molecule has 0 aromatic rings. The molecular formula is C29H56. The van der Waals surface area contributed by atoms with Crippen molar-refractivity contribution >= 4 is 0 Å². The molecule has 0 aromatic heterocycles. The third-order valence-electron chi connectivity index (χ3n) is 6.03. The van der Waals surface area contributed by atoms with Crippen molar-refractivity contribution in [1.82, 2.24) is 0 Å². The van der Waals surface area contributed by atoms with Gasteiger partial charge in [0.2, 0.25) is 0 Å². The SMILES string of the molecule is CCCCCC/C=C\CC/C=C\CCCCCCCCCCCCCCCCC. The Labute approximate surface area is 186 Å². The molecule has 0 radical (unpaired) electrons. The van der Waals surface area contributed by atoms with Crippen LogP contribution in [0.5, 0.6) is 0 Å². The van der Waals surface area contributed by atoms with E-state index in [0.29, 0.717) is 0 Å². The first-order valence-electron chi connectivity index (χ1n) is 13.7. The standard InChI is InChI=1S/C29H56/c1-3-5-7-9-11-13-15-17-19-21-23-25-27-29-28-26-24-22-20-18-16-14-12-10-8-6-4-2/h13,15,21,23H,3-12,14,16-20,22,24-29H2,1-2H3/b15-13-,23-21-. The van der Waals surface area contributed by atoms with Crippen LogP contribution in [0.15, 0.2) is 24.3 Å². The zero-order chi connectivity index (χ0) is 21.1. The Morgan fingerprint density at radius 1 is 0.276 bits per heavy atom. The van der Waals surface area contributed by atoms with Crippen molar-refractivity contribution < 1.29 is 0 Å². The van der Waals surface area contributed by atoms with E-state index in [1.165, 1.54) is 148 Å². The van der Waals surface area contributed by atoms with Crippen LogP contribution < -0.4 is 0 Å². The van der Waals surface area contributed by atoms with Crippen LogP contribution in [0.25, 0.3) is 0 Å². The molecule has 0 aromatic carbocycles. The smallest absolute Gasteiger partial charge is 0.0316 e. The van der Waals surface area contributed by atoms with E-state index in [2.05, 4.69) is 38.2 Å². The predicted molar refractivity (Wildman–Crippen MR) is 136 cm³/mol. The van der Waals surface area contributed by atoms with Crippen molar-refractivity contribution in [3.63, 3.8) is 0 Å². The van der Waals surface area contributed by atoms with E-state index in [4.69, 9.17) is 0 Å². The van der Waals surface area contributed by atoms with E-state index in [1.807, 2.05) is 0 Å². The molecule has 0 saturated heterocycles. The van der Waals surface area contributed by atoms with Gasteiger partial charge in [0.25, 0.3) is 0 Å². The first-order valence-corrected chi connectivity index (χ1v) is 13.7. The number of hydrogen-bond donors (Lipinski definition) is 0. The maximum atomic E-state index is 2.41. The van der Waals surface area contributed by atoms with Crippen LogP contribution in [0.2, 0.25) is 0 Å². The Hall–Kier alpha value is -0.520. The summed E-state index contributed by atoms with van der Waals surface area (Å²) in [6.07, 6.45) is 41.9. The molecular weight excluding hydrogens is 348 g/mol. The summed E-state index contributed by atoms with van der Waals surface area (Å²) in [5.41, 5.74) is 0. The van der Waals surface area contributed by atoms with Crippen molar-refractivity contribution in [1.29, 1.82) is 0 Å². The minimum absolute atomic E-state index is 1.23. The fraction of sp³-hybridized carbons (Fsp3) is 0.862. The van der Waals surface area contributed by atoms with Crippen molar-refractivity contribution in [2.75, 3.05) is 0 Å². The van der Waals surface area contributed by atoms with Gasteiger partial charge < -0.3 is 0 Å². The molecule has 29 heavy (non-hydrogen) atoms. The quantitative estimate of drug-likeness (QED) is 0.111. The summed E-state index contributed by atoms with van der Waals surface area (Å²) in [4.78, 5) is 0. The molecule has 0 spiro atoms. The molecule has 0 saturated carbocycles. The molecule has 0 aliphatic carbocycles. The molecule has 0 bridgehead atoms. The largest absolute Gasteiger partial charge is 0.0885 e. The van der Waals surface area contributed by atoms with E-state index in [9.17, 15) is 0 Å². The van der Waals surface area contributed by atoms with Crippen LogP contribution in [0, 0.1) is 0 Å². The summed E-state index contributed by atoms with van der Waals surface area (Å²) in [6, 6.07) is 0. The molecule has 0 heterocycles. The second kappa shape index (κ2) is 27.5. The number of rotatable bonds is 24. The van der Waals surface area contributed by atoms with Crippen LogP contribution >= 0.6 is 0 Å². The van der Waals surface area contributed by atoms with Gasteiger partial charge in [-0.3, -0.25) is 0 Å². The van der Waals surface area contributed by atoms with Crippen molar-refractivity contribution in [2.24, 2.45) is 0 Å². The Bertz CT molecular complexity index is 325. The van der Waals surface area contributed by atoms with E-state index < -0.39 is 0 Å². The third-order valence-corrected chi connectivity index (χ3v) is 6.03. The summed E-state index contributed by atoms with van der Waals surface area (Å²) in [6.45, 7) is 4.58. The summed E-state index contributed by atoms with van der Waals surface area (Å²) >= 11 is 0. The Balaban J connectivity index is 3.10. The van der Waals surface area contributed by atoms with Gasteiger partial charge in [0.1, 0.15) is 0 Å². The molecule has 0 N–H and O–H groups in total. The second-order valence-corrected chi connectivity index (χ2v) is 9.11. The third kappa shape index (κ3) is 27.5. The van der Waals surface area contributed by atoms with Gasteiger partial charge in [0.15, 0.2) is 0 Å². The van der Waals surface area contributed by atoms with E-state index in [0.717, 1.165) is 0 Å². The van der Waals surface area contributed by atoms with Gasteiger partial charge in [-0.1, -0.05) is 147 Å². The van der Waals surface area contributed by atoms with Gasteiger partial charge in [0, 0.05) is 0 Å². The Morgan fingerprint density at radius 3 is 0.862 bits per heavy atom. The minimum atomic E-state index is 1.23. The maximum absolute atomic E-state index is 2.41. The highest BCUT2D eigenvalue weighted by atomic mass is 14.0. The molecule has 0 atom stereocenters. The molecule has 172 valence electrons. The van der Waals surface area contributed by atoms with Gasteiger partial charge in [-0.2, -0.15) is 0 Å². The van der Waals surface area contributed by atoms with Gasteiger partial charge in [0.05, 0.1) is 0 Å². The molecule has 0 aliphatic rings. The van der Waals surface area contributed by atoms with Gasteiger partial charge in [-0.05, 0) is 38.5 Å². The monoisotopic (exact) mass is 404 g/mol. The average molecular weight is 405 g/mol. The lowest BCUT2D eigenvalue weighted by atomic mass is 10.0. The van der Waals surface area contributed by atoms with Crippen molar-refractivity contribution in [3.05, 3.63) is 24.3 Å². The summed E-state index contributed by atoms with van der Waals surface area (Å²) in [5, 5.41) is 0. The molecule has 0 unspecified atom stereocenters. The van der Waals surface area contributed by atoms with Crippen molar-refractivity contribution in [2.45, 2.75) is 162 Å². The molecule has 0 amide bonds. The van der Waals surface area contributed by atoms with Crippen LogP contribution in [-0.2, 0) is 0 Å². The Morgan fingerprint density at radius 2 is 0.517 bits per heavy atom. The molecule has 0 heteroatoms. The molecule has 0 nitrogen and oxygen atoms in total. The first-order chi connectivity index (χ1) is 14.4. The van der Waals surface area contributed by atoms with E-state index in [1.54, 1.807) is 0 Å². The lowest BCUT2D eigenvalue weighted by Crippen LogP contribution is -1.83. The Kier molecular flexibility index (Phi) is 27.0. The summed E-state index contributed by atoms with van der Waals surface area (Å²) in [7, 11) is 0. The lowest BCUT2D eigenvalue weighted by Gasteiger charge is -2.03. The molecule has 0 fully saturated rings. The van der Waals surface area contributed by atoms with Crippen LogP contribution in [0.4, 0.5) is 0 Å². The van der Waals surface area contributed by atoms with E-state index in [-0.39, 0.29) is 0 Å². The molecule has 0 aliphatic heterocycles. The fourth-order valence-electron chi connectivity index (χ4n) is 3.99. The van der Waals surface area contributed by atoms with Crippen LogP contribution in [-0.4, -0.2) is 0 Å². The van der Waals surface area contributed by atoms with Gasteiger partial charge in [-0.25, -0.2) is 0 Å². The molecule has 0 rings (SSSR count). The number of allylic oxidation sites excluding steroid dienone is 4. The topological polar surface area (TPSA) is 0 Å². The highest BCUT2D eigenvalue weighted by Crippen LogP contribution is 2.14. The number of unbranched alkanes of at least 4 members (excludes halogenated alkanes) is 20. The highest BCUT2D eigenvalue weighted by molar-refractivity contribution is 4.88. The van der Waals surface area contributed by atoms with Gasteiger partial charge in [-0.15, -0.1) is 0 Å². The van der Waals surface area contributed by atoms with Crippen LogP contribution in [0.1, 0.15) is 162 Å². The van der Waals surface area contributed by atoms with Gasteiger partial charge >= 0.3 is 0 Å². The fourth-order valence-corrected chi connectivity index (χ4v) is 3.99. The van der Waals surface area contributed by atoms with Crippen LogP contribution in [0.3, 0.4) is 0 Å². The van der Waals surface area contributed by atoms with E-state index >= 15 is 0 Å². The normalized spacial score (nSPS) is 11.9. The summed E-state index contributed by atoms with van der Waals surface area (Å²) < 4.78 is 0. The second-order valence-electron chi connectivity index (χ2n) is 9.11. The first kappa shape index (κ1) is 28.5. The maximum Gasteiger partial charge on any atom is -0.0316 e. The summed E-state index contributed by atoms with van der Waals surface area (Å²) in [5.74, 6) is 0. The minimum Gasteiger partial charge on any atom is -0.0885 e. The number of hydrogen-bond acceptors (Lipinski definition) is 0. The lowest BCUT2D eigenvalue weighted by molar-refractivity contribution is 0.533. The zero-order valence-electron chi connectivity index (χ0n) is 20.6. The van der Waals surface area contributed by atoms with Crippen molar-refractivity contribution in [3.8, 4) is 0 Å². The zero-order valence-corrected chi connectivity index (χ0v) is 20.6. The predicted octanol–water partition coefficient (Wildman–Crippen LogP) is 11.1.